The standard InChI is InChI=1S/C30H24INO4S/c1-2-35-27-16-21(10-14-26(27)36-19-22-7-11-23-5-3-4-6-24(23)15-22)17-28-29(33)32(30(34)37-28)18-20-8-12-25(31)13-9-20/h3-17H,2,18-19H2,1H3/b28-17+. The monoisotopic (exact) mass is 621 g/mol. The van der Waals surface area contributed by atoms with E-state index in [0.717, 1.165) is 32.0 Å². The van der Waals surface area contributed by atoms with E-state index in [0.29, 0.717) is 29.6 Å². The third-order valence-corrected chi connectivity index (χ3v) is 7.53. The summed E-state index contributed by atoms with van der Waals surface area (Å²) in [5.41, 5.74) is 2.74. The summed E-state index contributed by atoms with van der Waals surface area (Å²) in [6.45, 7) is 3.05. The zero-order valence-corrected chi connectivity index (χ0v) is 23.1. The summed E-state index contributed by atoms with van der Waals surface area (Å²) in [5.74, 6) is 0.928. The molecular weight excluding hydrogens is 597 g/mol. The number of amides is 2. The lowest BCUT2D eigenvalue weighted by atomic mass is 10.1. The third kappa shape index (κ3) is 5.99. The Morgan fingerprint density at radius 2 is 1.59 bits per heavy atom. The van der Waals surface area contributed by atoms with Crippen molar-refractivity contribution >= 4 is 62.3 Å². The molecule has 1 aliphatic heterocycles. The highest BCUT2D eigenvalue weighted by Crippen LogP contribution is 2.35. The summed E-state index contributed by atoms with van der Waals surface area (Å²) in [7, 11) is 0. The molecule has 7 heteroatoms. The highest BCUT2D eigenvalue weighted by Gasteiger charge is 2.35. The van der Waals surface area contributed by atoms with Crippen molar-refractivity contribution in [2.24, 2.45) is 0 Å². The van der Waals surface area contributed by atoms with Crippen LogP contribution in [0.15, 0.2) is 89.8 Å². The Balaban J connectivity index is 1.31. The number of hydrogen-bond donors (Lipinski definition) is 0. The first-order valence-corrected chi connectivity index (χ1v) is 13.8. The van der Waals surface area contributed by atoms with Crippen LogP contribution >= 0.6 is 34.4 Å². The maximum atomic E-state index is 13.0. The quantitative estimate of drug-likeness (QED) is 0.149. The molecule has 0 spiro atoms. The van der Waals surface area contributed by atoms with Gasteiger partial charge in [0.15, 0.2) is 11.5 Å². The topological polar surface area (TPSA) is 55.8 Å². The smallest absolute Gasteiger partial charge is 0.293 e. The second kappa shape index (κ2) is 11.4. The van der Waals surface area contributed by atoms with Gasteiger partial charge in [0, 0.05) is 3.57 Å². The van der Waals surface area contributed by atoms with Crippen molar-refractivity contribution in [3.63, 3.8) is 0 Å². The van der Waals surface area contributed by atoms with Crippen molar-refractivity contribution in [1.29, 1.82) is 0 Å². The van der Waals surface area contributed by atoms with Crippen molar-refractivity contribution in [3.05, 3.63) is 110 Å². The molecule has 1 fully saturated rings. The summed E-state index contributed by atoms with van der Waals surface area (Å²) in [6.07, 6.45) is 1.73. The molecule has 0 N–H and O–H groups in total. The van der Waals surface area contributed by atoms with Crippen molar-refractivity contribution in [1.82, 2.24) is 4.90 Å². The molecule has 37 heavy (non-hydrogen) atoms. The van der Waals surface area contributed by atoms with Gasteiger partial charge in [0.25, 0.3) is 11.1 Å². The van der Waals surface area contributed by atoms with Gasteiger partial charge in [-0.25, -0.2) is 0 Å². The molecule has 0 aromatic heterocycles. The number of halogens is 1. The summed E-state index contributed by atoms with van der Waals surface area (Å²) >= 11 is 3.18. The van der Waals surface area contributed by atoms with E-state index in [1.54, 1.807) is 6.08 Å². The molecule has 0 radical (unpaired) electrons. The van der Waals surface area contributed by atoms with Gasteiger partial charge in [0.2, 0.25) is 0 Å². The minimum atomic E-state index is -0.289. The first-order valence-electron chi connectivity index (χ1n) is 11.9. The van der Waals surface area contributed by atoms with Gasteiger partial charge >= 0.3 is 0 Å². The molecule has 1 aliphatic rings. The number of carbonyl (C=O) groups is 2. The maximum absolute atomic E-state index is 13.0. The second-order valence-corrected chi connectivity index (χ2v) is 10.7. The molecule has 186 valence electrons. The molecule has 4 aromatic rings. The van der Waals surface area contributed by atoms with Gasteiger partial charge in [-0.2, -0.15) is 0 Å². The van der Waals surface area contributed by atoms with Crippen molar-refractivity contribution in [3.8, 4) is 11.5 Å². The normalized spacial score (nSPS) is 14.5. The second-order valence-electron chi connectivity index (χ2n) is 8.50. The Labute approximate surface area is 233 Å². The maximum Gasteiger partial charge on any atom is 0.293 e. The van der Waals surface area contributed by atoms with Crippen LogP contribution in [0.2, 0.25) is 0 Å². The number of rotatable bonds is 8. The van der Waals surface area contributed by atoms with E-state index in [9.17, 15) is 9.59 Å². The predicted octanol–water partition coefficient (Wildman–Crippen LogP) is 7.66. The van der Waals surface area contributed by atoms with E-state index >= 15 is 0 Å². The first kappa shape index (κ1) is 25.4. The molecule has 0 bridgehead atoms. The molecule has 0 unspecified atom stereocenters. The van der Waals surface area contributed by atoms with Crippen LogP contribution in [0.25, 0.3) is 16.8 Å². The van der Waals surface area contributed by atoms with E-state index < -0.39 is 0 Å². The largest absolute Gasteiger partial charge is 0.490 e. The zero-order chi connectivity index (χ0) is 25.8. The van der Waals surface area contributed by atoms with Gasteiger partial charge in [0.05, 0.1) is 18.1 Å². The summed E-state index contributed by atoms with van der Waals surface area (Å²) in [4.78, 5) is 27.2. The highest BCUT2D eigenvalue weighted by atomic mass is 127. The summed E-state index contributed by atoms with van der Waals surface area (Å²) < 4.78 is 13.0. The Morgan fingerprint density at radius 1 is 0.838 bits per heavy atom. The number of benzene rings is 4. The average molecular weight is 621 g/mol. The fourth-order valence-electron chi connectivity index (χ4n) is 4.05. The fraction of sp³-hybridized carbons (Fsp3) is 0.133. The number of nitrogens with zero attached hydrogens (tertiary/aromatic N) is 1. The first-order chi connectivity index (χ1) is 18.0. The molecule has 4 aromatic carbocycles. The molecule has 0 saturated carbocycles. The molecule has 5 rings (SSSR count). The average Bonchev–Trinajstić information content (AvgIpc) is 3.16. The Bertz CT molecular complexity index is 1500. The van der Waals surface area contributed by atoms with E-state index in [2.05, 4.69) is 52.9 Å². The Morgan fingerprint density at radius 3 is 2.38 bits per heavy atom. The SMILES string of the molecule is CCOc1cc(/C=C2/SC(=O)N(Cc3ccc(I)cc3)C2=O)ccc1OCc1ccc2ccccc2c1. The summed E-state index contributed by atoms with van der Waals surface area (Å²) in [6, 6.07) is 27.8. The lowest BCUT2D eigenvalue weighted by molar-refractivity contribution is -0.123. The number of thioether (sulfide) groups is 1. The van der Waals surface area contributed by atoms with Gasteiger partial charge in [-0.15, -0.1) is 0 Å². The lowest BCUT2D eigenvalue weighted by Gasteiger charge is -2.13. The number of imide groups is 1. The van der Waals surface area contributed by atoms with Crippen molar-refractivity contribution in [2.75, 3.05) is 6.61 Å². The molecular formula is C30H24INO4S. The number of carbonyl (C=O) groups excluding carboxylic acids is 2. The molecule has 0 aliphatic carbocycles. The minimum Gasteiger partial charge on any atom is -0.490 e. The van der Waals surface area contributed by atoms with Crippen LogP contribution in [-0.4, -0.2) is 22.7 Å². The molecule has 2 amide bonds. The van der Waals surface area contributed by atoms with Crippen LogP contribution < -0.4 is 9.47 Å². The van der Waals surface area contributed by atoms with Crippen LogP contribution in [0.1, 0.15) is 23.6 Å². The van der Waals surface area contributed by atoms with Crippen LogP contribution in [0.4, 0.5) is 4.79 Å². The van der Waals surface area contributed by atoms with E-state index in [4.69, 9.17) is 9.47 Å². The molecule has 5 nitrogen and oxygen atoms in total. The van der Waals surface area contributed by atoms with Crippen LogP contribution in [0.3, 0.4) is 0 Å². The fourth-order valence-corrected chi connectivity index (χ4v) is 5.25. The van der Waals surface area contributed by atoms with Crippen LogP contribution in [0.5, 0.6) is 11.5 Å². The van der Waals surface area contributed by atoms with E-state index in [-0.39, 0.29) is 17.7 Å². The van der Waals surface area contributed by atoms with E-state index in [1.165, 1.54) is 15.7 Å². The van der Waals surface area contributed by atoms with Crippen molar-refractivity contribution in [2.45, 2.75) is 20.1 Å². The van der Waals surface area contributed by atoms with Gasteiger partial charge in [0.1, 0.15) is 6.61 Å². The molecule has 0 atom stereocenters. The zero-order valence-electron chi connectivity index (χ0n) is 20.1. The number of fused-ring (bicyclic) bond motifs is 1. The van der Waals surface area contributed by atoms with Gasteiger partial charge in [-0.1, -0.05) is 54.6 Å². The van der Waals surface area contributed by atoms with Gasteiger partial charge < -0.3 is 9.47 Å². The van der Waals surface area contributed by atoms with Crippen molar-refractivity contribution < 1.29 is 19.1 Å². The Hall–Kier alpha value is -3.30. The number of hydrogen-bond acceptors (Lipinski definition) is 5. The highest BCUT2D eigenvalue weighted by molar-refractivity contribution is 14.1. The van der Waals surface area contributed by atoms with Gasteiger partial charge in [-0.05, 0) is 105 Å². The van der Waals surface area contributed by atoms with E-state index in [1.807, 2.05) is 61.5 Å². The molecule has 1 saturated heterocycles. The lowest BCUT2D eigenvalue weighted by Crippen LogP contribution is -2.27. The summed E-state index contributed by atoms with van der Waals surface area (Å²) in [5, 5.41) is 2.09. The Kier molecular flexibility index (Phi) is 7.81. The minimum absolute atomic E-state index is 0.255. The molecule has 1 heterocycles. The third-order valence-electron chi connectivity index (χ3n) is 5.90. The van der Waals surface area contributed by atoms with Crippen LogP contribution in [0, 0.1) is 3.57 Å². The van der Waals surface area contributed by atoms with Gasteiger partial charge in [-0.3, -0.25) is 14.5 Å². The number of ether oxygens (including phenoxy) is 2. The van der Waals surface area contributed by atoms with Crippen LogP contribution in [-0.2, 0) is 17.9 Å². The predicted molar refractivity (Wildman–Crippen MR) is 157 cm³/mol.